The van der Waals surface area contributed by atoms with Crippen LogP contribution in [0.15, 0.2) is 79.4 Å². The number of nitrogens with two attached hydrogens (primary N) is 1. The number of hydrogen-bond acceptors (Lipinski definition) is 4. The Kier molecular flexibility index (Phi) is 4.66. The first-order chi connectivity index (χ1) is 11.4. The maximum absolute atomic E-state index is 11.2. The summed E-state index contributed by atoms with van der Waals surface area (Å²) in [5.41, 5.74) is 1.57. The molecule has 2 N–H and O–H groups in total. The molecular weight excluding hydrogens is 392 g/mol. The van der Waals surface area contributed by atoms with Gasteiger partial charge in [-0.25, -0.2) is 13.6 Å². The van der Waals surface area contributed by atoms with Crippen LogP contribution in [0, 0.1) is 0 Å². The Morgan fingerprint density at radius 2 is 1.62 bits per heavy atom. The van der Waals surface area contributed by atoms with Crippen molar-refractivity contribution in [2.45, 2.75) is 4.90 Å². The fourth-order valence-electron chi connectivity index (χ4n) is 2.05. The summed E-state index contributed by atoms with van der Waals surface area (Å²) in [5.74, 6) is 1.34. The molecule has 0 fully saturated rings. The zero-order valence-electron chi connectivity index (χ0n) is 12.4. The summed E-state index contributed by atoms with van der Waals surface area (Å²) < 4.78 is 29.1. The van der Waals surface area contributed by atoms with Crippen LogP contribution in [0.25, 0.3) is 11.3 Å². The number of aliphatic imine (C=N–C) groups is 1. The van der Waals surface area contributed by atoms with Crippen molar-refractivity contribution in [3.8, 4) is 11.3 Å². The molecule has 0 aliphatic rings. The summed E-state index contributed by atoms with van der Waals surface area (Å²) in [6.45, 7) is 0. The van der Waals surface area contributed by atoms with E-state index < -0.39 is 10.0 Å². The summed E-state index contributed by atoms with van der Waals surface area (Å²) in [4.78, 5) is 4.31. The van der Waals surface area contributed by atoms with Gasteiger partial charge in [-0.1, -0.05) is 28.1 Å². The topological polar surface area (TPSA) is 85.7 Å². The van der Waals surface area contributed by atoms with Crippen molar-refractivity contribution >= 4 is 37.9 Å². The van der Waals surface area contributed by atoms with E-state index in [0.717, 1.165) is 15.8 Å². The highest BCUT2D eigenvalue weighted by Gasteiger charge is 2.06. The standard InChI is InChI=1S/C17H13BrN2O3S/c18-13-3-1-12(2-4-13)17-10-7-15(23-17)11-20-14-5-8-16(9-6-14)24(19,21)22/h1-11H,(H2,19,21,22). The predicted molar refractivity (Wildman–Crippen MR) is 96.9 cm³/mol. The largest absolute Gasteiger partial charge is 0.455 e. The first kappa shape index (κ1) is 16.6. The number of rotatable bonds is 4. The van der Waals surface area contributed by atoms with Crippen molar-refractivity contribution in [3.63, 3.8) is 0 Å². The molecule has 0 saturated heterocycles. The molecule has 0 atom stereocenters. The minimum atomic E-state index is -3.69. The third-order valence-corrected chi connectivity index (χ3v) is 4.72. The molecule has 122 valence electrons. The van der Waals surface area contributed by atoms with Crippen LogP contribution in [0.5, 0.6) is 0 Å². The molecule has 1 heterocycles. The van der Waals surface area contributed by atoms with E-state index in [0.29, 0.717) is 11.4 Å². The summed E-state index contributed by atoms with van der Waals surface area (Å²) in [7, 11) is -3.69. The van der Waals surface area contributed by atoms with Gasteiger partial charge in [-0.2, -0.15) is 0 Å². The van der Waals surface area contributed by atoms with Gasteiger partial charge in [-0.3, -0.25) is 4.99 Å². The van der Waals surface area contributed by atoms with E-state index in [9.17, 15) is 8.42 Å². The SMILES string of the molecule is NS(=O)(=O)c1ccc(N=Cc2ccc(-c3ccc(Br)cc3)o2)cc1. The molecule has 0 aliphatic heterocycles. The van der Waals surface area contributed by atoms with Gasteiger partial charge in [0.25, 0.3) is 0 Å². The van der Waals surface area contributed by atoms with Gasteiger partial charge in [0.2, 0.25) is 10.0 Å². The fourth-order valence-corrected chi connectivity index (χ4v) is 2.83. The van der Waals surface area contributed by atoms with E-state index in [1.165, 1.54) is 12.1 Å². The lowest BCUT2D eigenvalue weighted by Crippen LogP contribution is -2.11. The molecule has 24 heavy (non-hydrogen) atoms. The van der Waals surface area contributed by atoms with E-state index in [1.807, 2.05) is 36.4 Å². The van der Waals surface area contributed by atoms with Crippen LogP contribution < -0.4 is 5.14 Å². The molecule has 0 bridgehead atoms. The smallest absolute Gasteiger partial charge is 0.238 e. The van der Waals surface area contributed by atoms with Gasteiger partial charge in [0, 0.05) is 10.0 Å². The molecule has 5 nitrogen and oxygen atoms in total. The number of nitrogens with zero attached hydrogens (tertiary/aromatic N) is 1. The number of benzene rings is 2. The van der Waals surface area contributed by atoms with Crippen molar-refractivity contribution in [2.75, 3.05) is 0 Å². The number of hydrogen-bond donors (Lipinski definition) is 1. The summed E-state index contributed by atoms with van der Waals surface area (Å²) in [6.07, 6.45) is 1.58. The minimum absolute atomic E-state index is 0.0528. The second kappa shape index (κ2) is 6.72. The molecule has 7 heteroatoms. The lowest BCUT2D eigenvalue weighted by atomic mass is 10.2. The van der Waals surface area contributed by atoms with Gasteiger partial charge < -0.3 is 4.42 Å². The Bertz CT molecular complexity index is 975. The van der Waals surface area contributed by atoms with E-state index in [1.54, 1.807) is 18.3 Å². The van der Waals surface area contributed by atoms with E-state index in [-0.39, 0.29) is 4.90 Å². The number of primary sulfonamides is 1. The molecule has 0 aliphatic carbocycles. The molecule has 0 spiro atoms. The van der Waals surface area contributed by atoms with Crippen LogP contribution in [-0.4, -0.2) is 14.6 Å². The van der Waals surface area contributed by atoms with E-state index >= 15 is 0 Å². The molecule has 0 saturated carbocycles. The Hall–Kier alpha value is -2.22. The third-order valence-electron chi connectivity index (χ3n) is 3.26. The van der Waals surface area contributed by atoms with Gasteiger partial charge in [0.15, 0.2) is 0 Å². The molecule has 0 amide bonds. The zero-order chi connectivity index (χ0) is 17.2. The minimum Gasteiger partial charge on any atom is -0.455 e. The molecule has 2 aromatic carbocycles. The normalized spacial score (nSPS) is 11.9. The molecule has 0 unspecified atom stereocenters. The predicted octanol–water partition coefficient (Wildman–Crippen LogP) is 4.11. The highest BCUT2D eigenvalue weighted by atomic mass is 79.9. The quantitative estimate of drug-likeness (QED) is 0.663. The lowest BCUT2D eigenvalue weighted by Gasteiger charge is -1.98. The first-order valence-corrected chi connectivity index (χ1v) is 9.28. The summed E-state index contributed by atoms with van der Waals surface area (Å²) in [5, 5.41) is 5.06. The van der Waals surface area contributed by atoms with Crippen LogP contribution >= 0.6 is 15.9 Å². The van der Waals surface area contributed by atoms with Crippen molar-refractivity contribution in [1.29, 1.82) is 0 Å². The van der Waals surface area contributed by atoms with Gasteiger partial charge in [-0.15, -0.1) is 0 Å². The fraction of sp³-hybridized carbons (Fsp3) is 0. The van der Waals surface area contributed by atoms with Gasteiger partial charge in [-0.05, 0) is 48.5 Å². The Morgan fingerprint density at radius 3 is 2.25 bits per heavy atom. The molecule has 0 radical (unpaired) electrons. The maximum Gasteiger partial charge on any atom is 0.238 e. The van der Waals surface area contributed by atoms with Crippen molar-refractivity contribution in [1.82, 2.24) is 0 Å². The average molecular weight is 405 g/mol. The van der Waals surface area contributed by atoms with Gasteiger partial charge in [0.05, 0.1) is 16.8 Å². The second-order valence-electron chi connectivity index (χ2n) is 5.01. The van der Waals surface area contributed by atoms with Crippen LogP contribution in [-0.2, 0) is 10.0 Å². The Balaban J connectivity index is 1.77. The summed E-state index contributed by atoms with van der Waals surface area (Å²) >= 11 is 3.39. The maximum atomic E-state index is 11.2. The number of halogens is 1. The van der Waals surface area contributed by atoms with Crippen LogP contribution in [0.4, 0.5) is 5.69 Å². The van der Waals surface area contributed by atoms with Crippen molar-refractivity contribution in [3.05, 3.63) is 70.9 Å². The van der Waals surface area contributed by atoms with Crippen LogP contribution in [0.3, 0.4) is 0 Å². The van der Waals surface area contributed by atoms with Crippen molar-refractivity contribution < 1.29 is 12.8 Å². The zero-order valence-corrected chi connectivity index (χ0v) is 14.8. The van der Waals surface area contributed by atoms with Crippen LogP contribution in [0.1, 0.15) is 5.76 Å². The third kappa shape index (κ3) is 4.00. The highest BCUT2D eigenvalue weighted by molar-refractivity contribution is 9.10. The second-order valence-corrected chi connectivity index (χ2v) is 7.48. The summed E-state index contributed by atoms with van der Waals surface area (Å²) in [6, 6.07) is 17.5. The number of furan rings is 1. The lowest BCUT2D eigenvalue weighted by molar-refractivity contribution is 0.575. The first-order valence-electron chi connectivity index (χ1n) is 6.94. The Morgan fingerprint density at radius 1 is 0.958 bits per heavy atom. The monoisotopic (exact) mass is 404 g/mol. The van der Waals surface area contributed by atoms with Crippen LogP contribution in [0.2, 0.25) is 0 Å². The Labute approximate surface area is 148 Å². The van der Waals surface area contributed by atoms with Gasteiger partial charge >= 0.3 is 0 Å². The van der Waals surface area contributed by atoms with Crippen molar-refractivity contribution in [2.24, 2.45) is 10.1 Å². The van der Waals surface area contributed by atoms with E-state index in [2.05, 4.69) is 20.9 Å². The highest BCUT2D eigenvalue weighted by Crippen LogP contribution is 2.24. The average Bonchev–Trinajstić information content (AvgIpc) is 3.02. The molecule has 3 aromatic rings. The van der Waals surface area contributed by atoms with E-state index in [4.69, 9.17) is 9.56 Å². The molecule has 3 rings (SSSR count). The number of sulfonamides is 1. The molecule has 1 aromatic heterocycles. The molecular formula is C17H13BrN2O3S. The van der Waals surface area contributed by atoms with Gasteiger partial charge in [0.1, 0.15) is 11.5 Å².